The molecule has 0 aliphatic rings. The second-order valence-electron chi connectivity index (χ2n) is 4.99. The molecule has 1 aromatic carbocycles. The fourth-order valence-electron chi connectivity index (χ4n) is 2.12. The van der Waals surface area contributed by atoms with Crippen molar-refractivity contribution in [1.29, 1.82) is 0 Å². The monoisotopic (exact) mass is 378 g/mol. The Morgan fingerprint density at radius 2 is 1.88 bits per heavy atom. The van der Waals surface area contributed by atoms with Crippen LogP contribution in [-0.2, 0) is 16.0 Å². The van der Waals surface area contributed by atoms with E-state index in [1.807, 2.05) is 0 Å². The lowest BCUT2D eigenvalue weighted by Gasteiger charge is -2.16. The van der Waals surface area contributed by atoms with Crippen molar-refractivity contribution in [2.24, 2.45) is 0 Å². The second-order valence-corrected chi connectivity index (χ2v) is 7.46. The number of aromatic nitrogens is 1. The van der Waals surface area contributed by atoms with Crippen molar-refractivity contribution in [2.45, 2.75) is 24.4 Å². The molecule has 0 unspecified atom stereocenters. The SMILES string of the molecule is CCCS(=O)(=O)c1ccccc1Nc1cc(Cl)ncc1C(F)(F)F. The van der Waals surface area contributed by atoms with Gasteiger partial charge in [0.1, 0.15) is 5.15 Å². The number of sulfone groups is 1. The minimum absolute atomic E-state index is 0.0544. The van der Waals surface area contributed by atoms with Crippen LogP contribution in [0.15, 0.2) is 41.4 Å². The fourth-order valence-corrected chi connectivity index (χ4v) is 3.78. The van der Waals surface area contributed by atoms with E-state index in [0.29, 0.717) is 12.6 Å². The number of benzene rings is 1. The zero-order chi connectivity index (χ0) is 18.0. The van der Waals surface area contributed by atoms with Gasteiger partial charge in [-0.1, -0.05) is 30.7 Å². The van der Waals surface area contributed by atoms with Crippen molar-refractivity contribution in [3.8, 4) is 0 Å². The second kappa shape index (κ2) is 6.98. The summed E-state index contributed by atoms with van der Waals surface area (Å²) in [6.07, 6.45) is -3.66. The number of alkyl halides is 3. The summed E-state index contributed by atoms with van der Waals surface area (Å²) >= 11 is 5.68. The normalized spacial score (nSPS) is 12.2. The molecule has 0 spiro atoms. The van der Waals surface area contributed by atoms with Gasteiger partial charge in [-0.2, -0.15) is 13.2 Å². The summed E-state index contributed by atoms with van der Waals surface area (Å²) in [7, 11) is -3.61. The van der Waals surface area contributed by atoms with Gasteiger partial charge < -0.3 is 5.32 Å². The van der Waals surface area contributed by atoms with Crippen molar-refractivity contribution >= 4 is 32.8 Å². The molecule has 0 atom stereocenters. The summed E-state index contributed by atoms with van der Waals surface area (Å²) in [5.41, 5.74) is -1.34. The quantitative estimate of drug-likeness (QED) is 0.767. The number of pyridine rings is 1. The average Bonchev–Trinajstić information content (AvgIpc) is 2.46. The number of nitrogens with zero attached hydrogens (tertiary/aromatic N) is 1. The molecule has 9 heteroatoms. The predicted molar refractivity (Wildman–Crippen MR) is 86.3 cm³/mol. The van der Waals surface area contributed by atoms with E-state index >= 15 is 0 Å². The van der Waals surface area contributed by atoms with Crippen molar-refractivity contribution in [2.75, 3.05) is 11.1 Å². The van der Waals surface area contributed by atoms with Crippen LogP contribution in [0.4, 0.5) is 24.5 Å². The highest BCUT2D eigenvalue weighted by Gasteiger charge is 2.34. The number of hydrogen-bond acceptors (Lipinski definition) is 4. The zero-order valence-electron chi connectivity index (χ0n) is 12.6. The summed E-state index contributed by atoms with van der Waals surface area (Å²) in [5.74, 6) is -0.102. The summed E-state index contributed by atoms with van der Waals surface area (Å²) < 4.78 is 63.9. The number of para-hydroxylation sites is 1. The molecular formula is C15H14ClF3N2O2S. The Kier molecular flexibility index (Phi) is 5.39. The van der Waals surface area contributed by atoms with E-state index in [1.54, 1.807) is 6.92 Å². The van der Waals surface area contributed by atoms with Crippen LogP contribution >= 0.6 is 11.6 Å². The smallest absolute Gasteiger partial charge is 0.354 e. The molecule has 24 heavy (non-hydrogen) atoms. The van der Waals surface area contributed by atoms with Gasteiger partial charge in [0.15, 0.2) is 9.84 Å². The Balaban J connectivity index is 2.53. The molecular weight excluding hydrogens is 365 g/mol. The van der Waals surface area contributed by atoms with Gasteiger partial charge >= 0.3 is 6.18 Å². The number of hydrogen-bond donors (Lipinski definition) is 1. The lowest BCUT2D eigenvalue weighted by Crippen LogP contribution is -2.12. The molecule has 0 fully saturated rings. The molecule has 0 amide bonds. The van der Waals surface area contributed by atoms with Crippen molar-refractivity contribution in [1.82, 2.24) is 4.98 Å². The molecule has 1 N–H and O–H groups in total. The van der Waals surface area contributed by atoms with Gasteiger partial charge in [0.2, 0.25) is 0 Å². The molecule has 0 bridgehead atoms. The van der Waals surface area contributed by atoms with Crippen molar-refractivity contribution in [3.63, 3.8) is 0 Å². The topological polar surface area (TPSA) is 59.1 Å². The van der Waals surface area contributed by atoms with Gasteiger partial charge in [-0.15, -0.1) is 0 Å². The van der Waals surface area contributed by atoms with Gasteiger partial charge in [0.25, 0.3) is 0 Å². The fraction of sp³-hybridized carbons (Fsp3) is 0.267. The summed E-state index contributed by atoms with van der Waals surface area (Å²) in [6, 6.07) is 6.80. The number of anilines is 2. The third kappa shape index (κ3) is 4.18. The van der Waals surface area contributed by atoms with Crippen LogP contribution in [-0.4, -0.2) is 19.2 Å². The molecule has 0 aliphatic carbocycles. The van der Waals surface area contributed by atoms with E-state index in [-0.39, 0.29) is 27.2 Å². The first-order valence-electron chi connectivity index (χ1n) is 6.96. The van der Waals surface area contributed by atoms with Crippen LogP contribution < -0.4 is 5.32 Å². The largest absolute Gasteiger partial charge is 0.419 e. The highest BCUT2D eigenvalue weighted by Crippen LogP contribution is 2.37. The van der Waals surface area contributed by atoms with Crippen LogP contribution in [0.25, 0.3) is 0 Å². The molecule has 1 heterocycles. The summed E-state index contributed by atoms with van der Waals surface area (Å²) in [6.45, 7) is 1.71. The maximum atomic E-state index is 13.1. The molecule has 0 saturated carbocycles. The van der Waals surface area contributed by atoms with Crippen molar-refractivity contribution in [3.05, 3.63) is 47.2 Å². The molecule has 0 radical (unpaired) electrons. The van der Waals surface area contributed by atoms with E-state index in [4.69, 9.17) is 11.6 Å². The number of rotatable bonds is 5. The summed E-state index contributed by atoms with van der Waals surface area (Å²) in [5, 5.41) is 2.39. The van der Waals surface area contributed by atoms with Crippen molar-refractivity contribution < 1.29 is 21.6 Å². The van der Waals surface area contributed by atoms with E-state index in [9.17, 15) is 21.6 Å². The molecule has 0 saturated heterocycles. The minimum atomic E-state index is -4.66. The predicted octanol–water partition coefficient (Wildman–Crippen LogP) is 4.68. The highest BCUT2D eigenvalue weighted by molar-refractivity contribution is 7.91. The van der Waals surface area contributed by atoms with Crippen LogP contribution in [0.1, 0.15) is 18.9 Å². The Morgan fingerprint density at radius 3 is 2.50 bits per heavy atom. The molecule has 0 aliphatic heterocycles. The van der Waals surface area contributed by atoms with Gasteiger partial charge in [-0.3, -0.25) is 0 Å². The van der Waals surface area contributed by atoms with Gasteiger partial charge in [0, 0.05) is 6.20 Å². The maximum Gasteiger partial charge on any atom is 0.419 e. The standard InChI is InChI=1S/C15H14ClF3N2O2S/c1-2-7-24(22,23)13-6-4-3-5-11(13)21-12-8-14(16)20-9-10(12)15(17,18)19/h3-6,8-9H,2,7H2,1H3,(H,20,21). The Bertz CT molecular complexity index is 839. The van der Waals surface area contributed by atoms with E-state index in [1.165, 1.54) is 24.3 Å². The summed E-state index contributed by atoms with van der Waals surface area (Å²) in [4.78, 5) is 3.37. The highest BCUT2D eigenvalue weighted by atomic mass is 35.5. The van der Waals surface area contributed by atoms with Gasteiger partial charge in [-0.05, 0) is 24.6 Å². The Hall–Kier alpha value is -1.80. The lowest BCUT2D eigenvalue weighted by molar-refractivity contribution is -0.137. The van der Waals surface area contributed by atoms with Gasteiger partial charge in [0.05, 0.1) is 27.6 Å². The Labute approximate surface area is 142 Å². The molecule has 1 aromatic heterocycles. The molecule has 2 aromatic rings. The molecule has 2 rings (SSSR count). The Morgan fingerprint density at radius 1 is 1.21 bits per heavy atom. The maximum absolute atomic E-state index is 13.1. The van der Waals surface area contributed by atoms with Crippen LogP contribution in [0.2, 0.25) is 5.15 Å². The third-order valence-electron chi connectivity index (χ3n) is 3.14. The first-order valence-corrected chi connectivity index (χ1v) is 8.99. The number of halogens is 4. The first kappa shape index (κ1) is 18.5. The molecule has 4 nitrogen and oxygen atoms in total. The zero-order valence-corrected chi connectivity index (χ0v) is 14.1. The van der Waals surface area contributed by atoms with E-state index in [2.05, 4.69) is 10.3 Å². The van der Waals surface area contributed by atoms with Crippen LogP contribution in [0.5, 0.6) is 0 Å². The minimum Gasteiger partial charge on any atom is -0.354 e. The van der Waals surface area contributed by atoms with Crippen LogP contribution in [0, 0.1) is 0 Å². The first-order chi connectivity index (χ1) is 11.1. The average molecular weight is 379 g/mol. The molecule has 130 valence electrons. The number of nitrogens with one attached hydrogen (secondary N) is 1. The van der Waals surface area contributed by atoms with Crippen LogP contribution in [0.3, 0.4) is 0 Å². The lowest BCUT2D eigenvalue weighted by atomic mass is 10.2. The van der Waals surface area contributed by atoms with Gasteiger partial charge in [-0.25, -0.2) is 13.4 Å². The van der Waals surface area contributed by atoms with E-state index in [0.717, 1.165) is 6.07 Å². The third-order valence-corrected chi connectivity index (χ3v) is 5.32. The van der Waals surface area contributed by atoms with E-state index < -0.39 is 21.6 Å².